The fourth-order valence-corrected chi connectivity index (χ4v) is 3.03. The first kappa shape index (κ1) is 16.8. The number of carbonyl (C=O) groups is 1. The third-order valence-electron chi connectivity index (χ3n) is 4.31. The van der Waals surface area contributed by atoms with Crippen molar-refractivity contribution in [3.05, 3.63) is 35.4 Å². The maximum absolute atomic E-state index is 12.1. The van der Waals surface area contributed by atoms with Gasteiger partial charge in [0.05, 0.1) is 0 Å². The predicted molar refractivity (Wildman–Crippen MR) is 94.3 cm³/mol. The van der Waals surface area contributed by atoms with E-state index in [1.54, 1.807) is 0 Å². The Morgan fingerprint density at radius 1 is 1.14 bits per heavy atom. The van der Waals surface area contributed by atoms with Gasteiger partial charge >= 0.3 is 0 Å². The summed E-state index contributed by atoms with van der Waals surface area (Å²) >= 11 is 0. The summed E-state index contributed by atoms with van der Waals surface area (Å²) in [5.41, 5.74) is 3.32. The van der Waals surface area contributed by atoms with Crippen molar-refractivity contribution >= 4 is 17.5 Å². The molecule has 3 heteroatoms. The average molecular weight is 300 g/mol. The quantitative estimate of drug-likeness (QED) is 0.750. The molecule has 0 aromatic heterocycles. The Kier molecular flexibility index (Phi) is 6.20. The zero-order valence-corrected chi connectivity index (χ0v) is 14.1. The van der Waals surface area contributed by atoms with Gasteiger partial charge in [-0.05, 0) is 50.6 Å². The molecule has 1 aromatic carbocycles. The van der Waals surface area contributed by atoms with Crippen LogP contribution >= 0.6 is 0 Å². The minimum atomic E-state index is 0.306. The summed E-state index contributed by atoms with van der Waals surface area (Å²) in [7, 11) is 0. The lowest BCUT2D eigenvalue weighted by molar-refractivity contribution is -0.117. The molecule has 0 atom stereocenters. The number of ketones is 1. The molecule has 0 amide bonds. The molecule has 0 radical (unpaired) electrons. The van der Waals surface area contributed by atoms with Crippen molar-refractivity contribution in [2.75, 3.05) is 37.6 Å². The van der Waals surface area contributed by atoms with E-state index in [0.29, 0.717) is 12.2 Å². The van der Waals surface area contributed by atoms with Crippen molar-refractivity contribution in [1.82, 2.24) is 4.90 Å². The summed E-state index contributed by atoms with van der Waals surface area (Å²) < 4.78 is 0. The highest BCUT2D eigenvalue weighted by Gasteiger charge is 2.20. The van der Waals surface area contributed by atoms with E-state index >= 15 is 0 Å². The van der Waals surface area contributed by atoms with E-state index in [1.807, 2.05) is 0 Å². The fraction of sp³-hybridized carbons (Fsp3) is 0.526. The van der Waals surface area contributed by atoms with Crippen LogP contribution in [0.2, 0.25) is 0 Å². The second-order valence-electron chi connectivity index (χ2n) is 5.88. The van der Waals surface area contributed by atoms with Crippen LogP contribution in [0.25, 0.3) is 6.08 Å². The number of Topliss-reactive ketones (excluding diaryl/α,β-unsaturated/α-hetero) is 1. The highest BCUT2D eigenvalue weighted by atomic mass is 16.1. The standard InChI is InChI=1S/C19H28N2O/c1-4-12-20-13-11-19(22)17(15-20)14-16-7-9-18(10-8-16)21(5-2)6-3/h7-10,14H,4-6,11-13,15H2,1-3H3/b17-14+. The van der Waals surface area contributed by atoms with E-state index in [2.05, 4.69) is 60.9 Å². The van der Waals surface area contributed by atoms with Gasteiger partial charge in [0.2, 0.25) is 0 Å². The molecule has 1 aromatic rings. The normalized spacial score (nSPS) is 18.0. The summed E-state index contributed by atoms with van der Waals surface area (Å²) in [6, 6.07) is 8.53. The fourth-order valence-electron chi connectivity index (χ4n) is 3.03. The van der Waals surface area contributed by atoms with Crippen molar-refractivity contribution in [3.63, 3.8) is 0 Å². The molecule has 0 unspecified atom stereocenters. The molecule has 1 aliphatic heterocycles. The number of anilines is 1. The van der Waals surface area contributed by atoms with Gasteiger partial charge in [0.1, 0.15) is 0 Å². The number of hydrogen-bond donors (Lipinski definition) is 0. The molecular formula is C19H28N2O. The highest BCUT2D eigenvalue weighted by molar-refractivity contribution is 6.00. The summed E-state index contributed by atoms with van der Waals surface area (Å²) in [5, 5.41) is 0. The Morgan fingerprint density at radius 2 is 1.82 bits per heavy atom. The largest absolute Gasteiger partial charge is 0.372 e. The molecule has 1 saturated heterocycles. The lowest BCUT2D eigenvalue weighted by Gasteiger charge is -2.27. The average Bonchev–Trinajstić information content (AvgIpc) is 2.53. The third-order valence-corrected chi connectivity index (χ3v) is 4.31. The first-order valence-electron chi connectivity index (χ1n) is 8.49. The topological polar surface area (TPSA) is 23.6 Å². The zero-order chi connectivity index (χ0) is 15.9. The maximum atomic E-state index is 12.1. The summed E-state index contributed by atoms with van der Waals surface area (Å²) in [6.07, 6.45) is 3.86. The second-order valence-corrected chi connectivity index (χ2v) is 5.88. The van der Waals surface area contributed by atoms with Crippen LogP contribution in [0.5, 0.6) is 0 Å². The molecule has 1 heterocycles. The number of hydrogen-bond acceptors (Lipinski definition) is 3. The second kappa shape index (κ2) is 8.14. The van der Waals surface area contributed by atoms with Crippen molar-refractivity contribution in [2.45, 2.75) is 33.6 Å². The Balaban J connectivity index is 2.12. The lowest BCUT2D eigenvalue weighted by atomic mass is 10.00. The van der Waals surface area contributed by atoms with Gasteiger partial charge in [-0.1, -0.05) is 19.1 Å². The highest BCUT2D eigenvalue weighted by Crippen LogP contribution is 2.19. The van der Waals surface area contributed by atoms with Gasteiger partial charge < -0.3 is 4.90 Å². The molecule has 120 valence electrons. The smallest absolute Gasteiger partial charge is 0.161 e. The van der Waals surface area contributed by atoms with Crippen molar-refractivity contribution < 1.29 is 4.79 Å². The number of carbonyl (C=O) groups excluding carboxylic acids is 1. The van der Waals surface area contributed by atoms with Crippen molar-refractivity contribution in [3.8, 4) is 0 Å². The Hall–Kier alpha value is -1.61. The molecule has 0 aliphatic carbocycles. The van der Waals surface area contributed by atoms with E-state index in [1.165, 1.54) is 5.69 Å². The summed E-state index contributed by atoms with van der Waals surface area (Å²) in [6.45, 7) is 11.3. The minimum absolute atomic E-state index is 0.306. The Labute approximate surface area is 134 Å². The summed E-state index contributed by atoms with van der Waals surface area (Å²) in [5.74, 6) is 0.306. The molecule has 0 saturated carbocycles. The Bertz CT molecular complexity index is 515. The van der Waals surface area contributed by atoms with Gasteiger partial charge in [0, 0.05) is 43.9 Å². The summed E-state index contributed by atoms with van der Waals surface area (Å²) in [4.78, 5) is 16.8. The molecule has 0 bridgehead atoms. The molecule has 1 aliphatic rings. The Morgan fingerprint density at radius 3 is 2.41 bits per heavy atom. The lowest BCUT2D eigenvalue weighted by Crippen LogP contribution is -2.36. The molecule has 0 spiro atoms. The van der Waals surface area contributed by atoms with Gasteiger partial charge in [-0.25, -0.2) is 0 Å². The van der Waals surface area contributed by atoms with Crippen molar-refractivity contribution in [2.24, 2.45) is 0 Å². The minimum Gasteiger partial charge on any atom is -0.372 e. The van der Waals surface area contributed by atoms with Gasteiger partial charge in [0.25, 0.3) is 0 Å². The number of benzene rings is 1. The monoisotopic (exact) mass is 300 g/mol. The number of nitrogens with zero attached hydrogens (tertiary/aromatic N) is 2. The van der Waals surface area contributed by atoms with Crippen LogP contribution in [0.15, 0.2) is 29.8 Å². The van der Waals surface area contributed by atoms with Crippen LogP contribution in [0.3, 0.4) is 0 Å². The van der Waals surface area contributed by atoms with Crippen LogP contribution in [0.4, 0.5) is 5.69 Å². The first-order chi connectivity index (χ1) is 10.7. The SMILES string of the molecule is CCCN1CCC(=O)/C(=C/c2ccc(N(CC)CC)cc2)C1. The molecule has 22 heavy (non-hydrogen) atoms. The van der Waals surface area contributed by atoms with Gasteiger partial charge in [-0.15, -0.1) is 0 Å². The maximum Gasteiger partial charge on any atom is 0.161 e. The van der Waals surface area contributed by atoms with Crippen LogP contribution in [-0.2, 0) is 4.79 Å². The first-order valence-corrected chi connectivity index (χ1v) is 8.49. The van der Waals surface area contributed by atoms with Crippen LogP contribution < -0.4 is 4.90 Å². The van der Waals surface area contributed by atoms with E-state index in [0.717, 1.165) is 50.3 Å². The third kappa shape index (κ3) is 4.20. The number of likely N-dealkylation sites (tertiary alicyclic amines) is 1. The molecule has 3 nitrogen and oxygen atoms in total. The zero-order valence-electron chi connectivity index (χ0n) is 14.1. The van der Waals surface area contributed by atoms with Gasteiger partial charge in [-0.2, -0.15) is 0 Å². The van der Waals surface area contributed by atoms with E-state index < -0.39 is 0 Å². The number of rotatable bonds is 6. The van der Waals surface area contributed by atoms with Crippen LogP contribution in [0, 0.1) is 0 Å². The molecular weight excluding hydrogens is 272 g/mol. The number of piperidine rings is 1. The molecule has 1 fully saturated rings. The van der Waals surface area contributed by atoms with Gasteiger partial charge in [-0.3, -0.25) is 9.69 Å². The van der Waals surface area contributed by atoms with E-state index in [9.17, 15) is 4.79 Å². The molecule has 2 rings (SSSR count). The van der Waals surface area contributed by atoms with Crippen LogP contribution in [0.1, 0.15) is 39.2 Å². The van der Waals surface area contributed by atoms with Crippen LogP contribution in [-0.4, -0.2) is 43.4 Å². The predicted octanol–water partition coefficient (Wildman–Crippen LogP) is 3.60. The van der Waals surface area contributed by atoms with Crippen molar-refractivity contribution in [1.29, 1.82) is 0 Å². The van der Waals surface area contributed by atoms with Gasteiger partial charge in [0.15, 0.2) is 5.78 Å². The van der Waals surface area contributed by atoms with E-state index in [-0.39, 0.29) is 0 Å². The molecule has 0 N–H and O–H groups in total. The van der Waals surface area contributed by atoms with E-state index in [4.69, 9.17) is 0 Å².